The third-order valence-corrected chi connectivity index (χ3v) is 2.65. The van der Waals surface area contributed by atoms with Crippen LogP contribution in [0, 0.1) is 6.92 Å². The molecule has 104 valence electrons. The Labute approximate surface area is 116 Å². The van der Waals surface area contributed by atoms with E-state index in [1.807, 2.05) is 6.92 Å². The van der Waals surface area contributed by atoms with Crippen LogP contribution < -0.4 is 10.1 Å². The van der Waals surface area contributed by atoms with Gasteiger partial charge in [-0.2, -0.15) is 4.98 Å². The van der Waals surface area contributed by atoms with Gasteiger partial charge >= 0.3 is 5.97 Å². The Morgan fingerprint density at radius 2 is 2.20 bits per heavy atom. The maximum Gasteiger partial charge on any atom is 0.336 e. The number of nitrogens with zero attached hydrogens (tertiary/aromatic N) is 2. The first-order chi connectivity index (χ1) is 9.60. The zero-order chi connectivity index (χ0) is 14.5. The second-order valence-electron chi connectivity index (χ2n) is 4.11. The van der Waals surface area contributed by atoms with Gasteiger partial charge in [0.25, 0.3) is 0 Å². The predicted molar refractivity (Wildman–Crippen MR) is 74.6 cm³/mol. The van der Waals surface area contributed by atoms with Crippen LogP contribution in [0.5, 0.6) is 5.88 Å². The van der Waals surface area contributed by atoms with Crippen LogP contribution >= 0.6 is 0 Å². The second-order valence-corrected chi connectivity index (χ2v) is 4.11. The smallest absolute Gasteiger partial charge is 0.336 e. The minimum absolute atomic E-state index is 0.246. The number of nitrogens with one attached hydrogen (secondary N) is 1. The summed E-state index contributed by atoms with van der Waals surface area (Å²) in [6.45, 7) is 4.14. The quantitative estimate of drug-likeness (QED) is 0.871. The van der Waals surface area contributed by atoms with Gasteiger partial charge in [-0.05, 0) is 31.5 Å². The van der Waals surface area contributed by atoms with E-state index in [2.05, 4.69) is 15.3 Å². The molecule has 0 aliphatic heterocycles. The number of aryl methyl sites for hydroxylation is 1. The highest BCUT2D eigenvalue weighted by molar-refractivity contribution is 5.90. The van der Waals surface area contributed by atoms with Gasteiger partial charge in [0.1, 0.15) is 0 Å². The molecule has 0 atom stereocenters. The lowest BCUT2D eigenvalue weighted by Crippen LogP contribution is -2.03. The Hall–Kier alpha value is -2.63. The Morgan fingerprint density at radius 1 is 1.40 bits per heavy atom. The number of aromatic carboxylic acids is 1. The number of carboxylic acids is 1. The topological polar surface area (TPSA) is 84.3 Å². The number of hydrogen-bond acceptors (Lipinski definition) is 5. The number of rotatable bonds is 5. The largest absolute Gasteiger partial charge is 0.478 e. The number of carboxylic acid groups (broad SMARTS) is 1. The summed E-state index contributed by atoms with van der Waals surface area (Å²) in [4.78, 5) is 19.3. The van der Waals surface area contributed by atoms with Crippen LogP contribution in [0.4, 0.5) is 11.6 Å². The zero-order valence-corrected chi connectivity index (χ0v) is 11.3. The summed E-state index contributed by atoms with van der Waals surface area (Å²) in [6, 6.07) is 6.72. The van der Waals surface area contributed by atoms with Crippen molar-refractivity contribution in [3.63, 3.8) is 0 Å². The maximum atomic E-state index is 11.1. The van der Waals surface area contributed by atoms with E-state index >= 15 is 0 Å². The van der Waals surface area contributed by atoms with Crippen LogP contribution in [-0.4, -0.2) is 27.7 Å². The first-order valence-electron chi connectivity index (χ1n) is 6.17. The molecule has 0 fully saturated rings. The molecule has 0 amide bonds. The number of ether oxygens (including phenoxy) is 1. The summed E-state index contributed by atoms with van der Waals surface area (Å²) in [6.07, 6.45) is 1.58. The molecule has 2 rings (SSSR count). The van der Waals surface area contributed by atoms with Gasteiger partial charge in [-0.15, -0.1) is 0 Å². The molecule has 1 aromatic heterocycles. The Morgan fingerprint density at radius 3 is 2.90 bits per heavy atom. The van der Waals surface area contributed by atoms with Gasteiger partial charge < -0.3 is 15.2 Å². The van der Waals surface area contributed by atoms with Crippen LogP contribution in [0.25, 0.3) is 0 Å². The summed E-state index contributed by atoms with van der Waals surface area (Å²) in [5.74, 6) is -0.137. The third-order valence-electron chi connectivity index (χ3n) is 2.65. The fraction of sp³-hybridized carbons (Fsp3) is 0.214. The van der Waals surface area contributed by atoms with Crippen LogP contribution in [-0.2, 0) is 0 Å². The van der Waals surface area contributed by atoms with Gasteiger partial charge in [-0.1, -0.05) is 6.07 Å². The second kappa shape index (κ2) is 6.01. The van der Waals surface area contributed by atoms with Gasteiger partial charge in [0.2, 0.25) is 11.8 Å². The van der Waals surface area contributed by atoms with E-state index in [0.717, 1.165) is 0 Å². The van der Waals surface area contributed by atoms with E-state index < -0.39 is 5.97 Å². The van der Waals surface area contributed by atoms with E-state index in [0.29, 0.717) is 29.7 Å². The molecular formula is C14H15N3O3. The summed E-state index contributed by atoms with van der Waals surface area (Å²) in [7, 11) is 0. The molecule has 6 heteroatoms. The van der Waals surface area contributed by atoms with Crippen molar-refractivity contribution < 1.29 is 14.6 Å². The van der Waals surface area contributed by atoms with Gasteiger partial charge in [0.05, 0.1) is 12.2 Å². The number of aromatic nitrogens is 2. The molecule has 0 spiro atoms. The molecule has 0 radical (unpaired) electrons. The molecule has 0 unspecified atom stereocenters. The van der Waals surface area contributed by atoms with Crippen molar-refractivity contribution in [3.05, 3.63) is 41.6 Å². The van der Waals surface area contributed by atoms with Crippen molar-refractivity contribution in [1.29, 1.82) is 0 Å². The summed E-state index contributed by atoms with van der Waals surface area (Å²) in [5.41, 5.74) is 1.56. The lowest BCUT2D eigenvalue weighted by Gasteiger charge is -2.08. The van der Waals surface area contributed by atoms with Gasteiger partial charge in [-0.3, -0.25) is 0 Å². The molecule has 6 nitrogen and oxygen atoms in total. The molecular weight excluding hydrogens is 258 g/mol. The maximum absolute atomic E-state index is 11.1. The van der Waals surface area contributed by atoms with Crippen LogP contribution in [0.3, 0.4) is 0 Å². The summed E-state index contributed by atoms with van der Waals surface area (Å²) >= 11 is 0. The molecule has 0 bridgehead atoms. The number of carbonyl (C=O) groups is 1. The van der Waals surface area contributed by atoms with Gasteiger partial charge in [0, 0.05) is 18.0 Å². The van der Waals surface area contributed by atoms with Crippen LogP contribution in [0.15, 0.2) is 30.5 Å². The molecule has 2 aromatic rings. The molecule has 0 saturated carbocycles. The lowest BCUT2D eigenvalue weighted by molar-refractivity contribution is 0.0696. The van der Waals surface area contributed by atoms with Gasteiger partial charge in [-0.25, -0.2) is 9.78 Å². The van der Waals surface area contributed by atoms with Crippen molar-refractivity contribution in [3.8, 4) is 5.88 Å². The summed E-state index contributed by atoms with van der Waals surface area (Å²) < 4.78 is 5.28. The van der Waals surface area contributed by atoms with E-state index in [-0.39, 0.29) is 5.56 Å². The minimum Gasteiger partial charge on any atom is -0.478 e. The van der Waals surface area contributed by atoms with Crippen molar-refractivity contribution >= 4 is 17.6 Å². The lowest BCUT2D eigenvalue weighted by atomic mass is 10.1. The highest BCUT2D eigenvalue weighted by Crippen LogP contribution is 2.19. The SMILES string of the molecule is CCOc1ccnc(Nc2ccc(C)c(C(=O)O)c2)n1. The third kappa shape index (κ3) is 3.23. The zero-order valence-electron chi connectivity index (χ0n) is 11.3. The first kappa shape index (κ1) is 13.8. The number of anilines is 2. The fourth-order valence-corrected chi connectivity index (χ4v) is 1.69. The monoisotopic (exact) mass is 273 g/mol. The van der Waals surface area contributed by atoms with E-state index in [1.165, 1.54) is 0 Å². The van der Waals surface area contributed by atoms with E-state index in [1.54, 1.807) is 37.4 Å². The highest BCUT2D eigenvalue weighted by Gasteiger charge is 2.08. The molecule has 0 saturated heterocycles. The molecule has 0 aliphatic rings. The Kier molecular flexibility index (Phi) is 4.14. The van der Waals surface area contributed by atoms with Gasteiger partial charge in [0.15, 0.2) is 0 Å². The van der Waals surface area contributed by atoms with Crippen molar-refractivity contribution in [2.24, 2.45) is 0 Å². The first-order valence-corrected chi connectivity index (χ1v) is 6.17. The van der Waals surface area contributed by atoms with E-state index in [9.17, 15) is 4.79 Å². The van der Waals surface area contributed by atoms with E-state index in [4.69, 9.17) is 9.84 Å². The highest BCUT2D eigenvalue weighted by atomic mass is 16.5. The number of benzene rings is 1. The average molecular weight is 273 g/mol. The fourth-order valence-electron chi connectivity index (χ4n) is 1.69. The standard InChI is InChI=1S/C14H15N3O3/c1-3-20-12-6-7-15-14(17-12)16-10-5-4-9(2)11(8-10)13(18)19/h4-8H,3H2,1-2H3,(H,18,19)(H,15,16,17). The Bertz CT molecular complexity index is 629. The molecule has 1 aromatic carbocycles. The Balaban J connectivity index is 2.23. The van der Waals surface area contributed by atoms with Crippen molar-refractivity contribution in [1.82, 2.24) is 9.97 Å². The normalized spacial score (nSPS) is 10.1. The minimum atomic E-state index is -0.963. The molecule has 0 aliphatic carbocycles. The average Bonchev–Trinajstić information content (AvgIpc) is 2.41. The van der Waals surface area contributed by atoms with Crippen LogP contribution in [0.1, 0.15) is 22.8 Å². The molecule has 1 heterocycles. The number of hydrogen-bond donors (Lipinski definition) is 2. The predicted octanol–water partition coefficient (Wildman–Crippen LogP) is 2.63. The summed E-state index contributed by atoms with van der Waals surface area (Å²) in [5, 5.41) is 12.1. The van der Waals surface area contributed by atoms with Crippen molar-refractivity contribution in [2.45, 2.75) is 13.8 Å². The molecule has 20 heavy (non-hydrogen) atoms. The van der Waals surface area contributed by atoms with Crippen molar-refractivity contribution in [2.75, 3.05) is 11.9 Å². The van der Waals surface area contributed by atoms with Crippen LogP contribution in [0.2, 0.25) is 0 Å². The molecule has 2 N–H and O–H groups in total.